The minimum Gasteiger partial charge on any atom is -0.454 e. The number of ether oxygens (including phenoxy) is 2. The summed E-state index contributed by atoms with van der Waals surface area (Å²) in [7, 11) is 0. The number of hydrogen-bond donors (Lipinski definition) is 2. The molecular weight excluding hydrogens is 344 g/mol. The smallest absolute Gasteiger partial charge is 0.255 e. The number of nitrogens with one attached hydrogen (secondary N) is 2. The zero-order chi connectivity index (χ0) is 18.6. The van der Waals surface area contributed by atoms with Gasteiger partial charge in [0.2, 0.25) is 6.79 Å². The van der Waals surface area contributed by atoms with Crippen LogP contribution in [0.15, 0.2) is 60.8 Å². The third kappa shape index (κ3) is 3.65. The largest absolute Gasteiger partial charge is 0.454 e. The third-order valence-electron chi connectivity index (χ3n) is 3.94. The monoisotopic (exact) mass is 358 g/mol. The van der Waals surface area contributed by atoms with Crippen LogP contribution < -0.4 is 20.1 Å². The fourth-order valence-electron chi connectivity index (χ4n) is 2.59. The molecule has 27 heavy (non-hydrogen) atoms. The van der Waals surface area contributed by atoms with Gasteiger partial charge >= 0.3 is 0 Å². The van der Waals surface area contributed by atoms with Gasteiger partial charge in [-0.05, 0) is 48.5 Å². The van der Waals surface area contributed by atoms with Crippen molar-refractivity contribution in [2.75, 3.05) is 17.4 Å². The highest BCUT2D eigenvalue weighted by Crippen LogP contribution is 2.34. The molecule has 7 heteroatoms. The first-order valence-electron chi connectivity index (χ1n) is 8.15. The van der Waals surface area contributed by atoms with Gasteiger partial charge in [-0.1, -0.05) is 0 Å². The number of nitrogens with zero attached hydrogens (tertiary/aromatic N) is 2. The molecule has 132 valence electrons. The Morgan fingerprint density at radius 1 is 1.00 bits per heavy atom. The summed E-state index contributed by atoms with van der Waals surface area (Å²) in [6.45, 7) is 0.210. The van der Waals surface area contributed by atoms with Crippen molar-refractivity contribution >= 4 is 23.1 Å². The summed E-state index contributed by atoms with van der Waals surface area (Å²) in [5, 5.41) is 14.8. The molecule has 0 aliphatic carbocycles. The second kappa shape index (κ2) is 7.06. The van der Waals surface area contributed by atoms with E-state index < -0.39 is 0 Å². The van der Waals surface area contributed by atoms with Crippen LogP contribution in [-0.2, 0) is 0 Å². The molecule has 0 fully saturated rings. The topological polar surface area (TPSA) is 96.3 Å². The fraction of sp³-hybridized carbons (Fsp3) is 0.0500. The second-order valence-corrected chi connectivity index (χ2v) is 5.77. The molecule has 0 unspecified atom stereocenters. The Morgan fingerprint density at radius 3 is 2.59 bits per heavy atom. The fourth-order valence-corrected chi connectivity index (χ4v) is 2.59. The molecule has 2 aromatic carbocycles. The van der Waals surface area contributed by atoms with Crippen LogP contribution in [0.1, 0.15) is 15.9 Å². The summed E-state index contributed by atoms with van der Waals surface area (Å²) in [6.07, 6.45) is 1.56. The van der Waals surface area contributed by atoms with Crippen LogP contribution in [0.5, 0.6) is 11.5 Å². The van der Waals surface area contributed by atoms with Gasteiger partial charge in [-0.3, -0.25) is 4.79 Å². The van der Waals surface area contributed by atoms with Crippen LogP contribution in [0.2, 0.25) is 0 Å². The standard InChI is InChI=1S/C20H14N4O3/c21-11-13-1-3-15(4-2-13)24-20(25)14-7-8-22-19(9-14)23-16-5-6-17-18(10-16)27-12-26-17/h1-10H,12H2,(H,22,23)(H,24,25). The molecule has 0 radical (unpaired) electrons. The van der Waals surface area contributed by atoms with E-state index in [4.69, 9.17) is 14.7 Å². The van der Waals surface area contributed by atoms with Crippen molar-refractivity contribution in [2.24, 2.45) is 0 Å². The number of carbonyl (C=O) groups excluding carboxylic acids is 1. The normalized spacial score (nSPS) is 11.5. The molecule has 2 N–H and O–H groups in total. The SMILES string of the molecule is N#Cc1ccc(NC(=O)c2ccnc(Nc3ccc4c(c3)OCO4)c2)cc1. The molecule has 0 spiro atoms. The van der Waals surface area contributed by atoms with Crippen LogP contribution in [0.3, 0.4) is 0 Å². The summed E-state index contributed by atoms with van der Waals surface area (Å²) in [5.74, 6) is 1.62. The summed E-state index contributed by atoms with van der Waals surface area (Å²) >= 11 is 0. The molecule has 3 aromatic rings. The molecule has 1 aliphatic rings. The lowest BCUT2D eigenvalue weighted by molar-refractivity contribution is 0.102. The number of hydrogen-bond acceptors (Lipinski definition) is 6. The highest BCUT2D eigenvalue weighted by atomic mass is 16.7. The van der Waals surface area contributed by atoms with Gasteiger partial charge in [0.05, 0.1) is 11.6 Å². The van der Waals surface area contributed by atoms with E-state index in [1.807, 2.05) is 24.3 Å². The van der Waals surface area contributed by atoms with E-state index in [9.17, 15) is 4.79 Å². The van der Waals surface area contributed by atoms with Crippen molar-refractivity contribution in [3.05, 3.63) is 71.9 Å². The first-order valence-corrected chi connectivity index (χ1v) is 8.15. The molecule has 7 nitrogen and oxygen atoms in total. The first kappa shape index (κ1) is 16.4. The van der Waals surface area contributed by atoms with Crippen LogP contribution >= 0.6 is 0 Å². The molecular formula is C20H14N4O3. The summed E-state index contributed by atoms with van der Waals surface area (Å²) in [4.78, 5) is 16.7. The Labute approximate surface area is 155 Å². The molecule has 0 saturated carbocycles. The van der Waals surface area contributed by atoms with Gasteiger partial charge in [-0.15, -0.1) is 0 Å². The van der Waals surface area contributed by atoms with Crippen molar-refractivity contribution in [3.8, 4) is 17.6 Å². The van der Waals surface area contributed by atoms with E-state index in [0.717, 1.165) is 5.69 Å². The predicted octanol–water partition coefficient (Wildman–Crippen LogP) is 3.68. The van der Waals surface area contributed by atoms with E-state index in [0.29, 0.717) is 34.1 Å². The Morgan fingerprint density at radius 2 is 1.78 bits per heavy atom. The van der Waals surface area contributed by atoms with Crippen LogP contribution in [-0.4, -0.2) is 17.7 Å². The van der Waals surface area contributed by atoms with E-state index in [2.05, 4.69) is 15.6 Å². The first-order chi connectivity index (χ1) is 13.2. The number of pyridine rings is 1. The highest BCUT2D eigenvalue weighted by molar-refractivity contribution is 6.04. The second-order valence-electron chi connectivity index (χ2n) is 5.77. The number of carbonyl (C=O) groups is 1. The van der Waals surface area contributed by atoms with Gasteiger partial charge in [0.25, 0.3) is 5.91 Å². The van der Waals surface area contributed by atoms with Gasteiger partial charge in [-0.25, -0.2) is 4.98 Å². The Bertz CT molecular complexity index is 1040. The van der Waals surface area contributed by atoms with Crippen molar-refractivity contribution < 1.29 is 14.3 Å². The summed E-state index contributed by atoms with van der Waals surface area (Å²) < 4.78 is 10.6. The lowest BCUT2D eigenvalue weighted by Crippen LogP contribution is -2.12. The number of rotatable bonds is 4. The zero-order valence-electron chi connectivity index (χ0n) is 14.1. The lowest BCUT2D eigenvalue weighted by Gasteiger charge is -2.09. The number of nitriles is 1. The molecule has 0 saturated heterocycles. The van der Waals surface area contributed by atoms with Gasteiger partial charge < -0.3 is 20.1 Å². The van der Waals surface area contributed by atoms with E-state index in [1.54, 1.807) is 42.6 Å². The van der Waals surface area contributed by atoms with Crippen molar-refractivity contribution in [2.45, 2.75) is 0 Å². The van der Waals surface area contributed by atoms with Crippen LogP contribution in [0, 0.1) is 11.3 Å². The average Bonchev–Trinajstić information content (AvgIpc) is 3.16. The quantitative estimate of drug-likeness (QED) is 0.738. The van der Waals surface area contributed by atoms with Gasteiger partial charge in [-0.2, -0.15) is 5.26 Å². The summed E-state index contributed by atoms with van der Waals surface area (Å²) in [6, 6.07) is 17.5. The molecule has 1 amide bonds. The van der Waals surface area contributed by atoms with E-state index in [-0.39, 0.29) is 12.7 Å². The zero-order valence-corrected chi connectivity index (χ0v) is 14.1. The summed E-state index contributed by atoms with van der Waals surface area (Å²) in [5.41, 5.74) is 2.38. The molecule has 0 bridgehead atoms. The van der Waals surface area contributed by atoms with Gasteiger partial charge in [0.15, 0.2) is 11.5 Å². The lowest BCUT2D eigenvalue weighted by atomic mass is 10.2. The van der Waals surface area contributed by atoms with Gasteiger partial charge in [0, 0.05) is 29.2 Å². The Hall–Kier alpha value is -4.05. The molecule has 0 atom stereocenters. The van der Waals surface area contributed by atoms with Crippen LogP contribution in [0.4, 0.5) is 17.2 Å². The number of fused-ring (bicyclic) bond motifs is 1. The Balaban J connectivity index is 1.48. The number of anilines is 3. The number of aromatic nitrogens is 1. The predicted molar refractivity (Wildman–Crippen MR) is 99.2 cm³/mol. The van der Waals surface area contributed by atoms with Gasteiger partial charge in [0.1, 0.15) is 5.82 Å². The average molecular weight is 358 g/mol. The minimum atomic E-state index is -0.268. The minimum absolute atomic E-state index is 0.210. The van der Waals surface area contributed by atoms with E-state index >= 15 is 0 Å². The van der Waals surface area contributed by atoms with Crippen molar-refractivity contribution in [1.29, 1.82) is 5.26 Å². The highest BCUT2D eigenvalue weighted by Gasteiger charge is 2.14. The van der Waals surface area contributed by atoms with Crippen molar-refractivity contribution in [3.63, 3.8) is 0 Å². The van der Waals surface area contributed by atoms with Crippen LogP contribution in [0.25, 0.3) is 0 Å². The maximum atomic E-state index is 12.5. The molecule has 4 rings (SSSR count). The number of benzene rings is 2. The maximum absolute atomic E-state index is 12.5. The van der Waals surface area contributed by atoms with E-state index in [1.165, 1.54) is 0 Å². The molecule has 2 heterocycles. The molecule has 1 aliphatic heterocycles. The third-order valence-corrected chi connectivity index (χ3v) is 3.94. The maximum Gasteiger partial charge on any atom is 0.255 e. The Kier molecular flexibility index (Phi) is 4.29. The van der Waals surface area contributed by atoms with Crippen molar-refractivity contribution in [1.82, 2.24) is 4.98 Å². The number of amides is 1. The molecule has 1 aromatic heterocycles.